The van der Waals surface area contributed by atoms with E-state index in [2.05, 4.69) is 242 Å². The Morgan fingerprint density at radius 3 is 1.42 bits per heavy atom. The van der Waals surface area contributed by atoms with Crippen LogP contribution in [0.3, 0.4) is 0 Å². The van der Waals surface area contributed by atoms with Gasteiger partial charge in [0.15, 0.2) is 0 Å². The van der Waals surface area contributed by atoms with Gasteiger partial charge in [-0.1, -0.05) is 249 Å². The number of benzene rings is 6. The number of allylic oxidation sites excluding steroid dienone is 3. The van der Waals surface area contributed by atoms with Crippen LogP contribution in [0.5, 0.6) is 0 Å². The summed E-state index contributed by atoms with van der Waals surface area (Å²) in [6.45, 7) is 34.2. The molecule has 66 heavy (non-hydrogen) atoms. The van der Waals surface area contributed by atoms with E-state index >= 15 is 0 Å². The second-order valence-electron chi connectivity index (χ2n) is 23.2. The van der Waals surface area contributed by atoms with E-state index in [-0.39, 0.29) is 10.8 Å². The Hall–Kier alpha value is -5.03. The molecule has 0 saturated carbocycles. The van der Waals surface area contributed by atoms with Gasteiger partial charge in [-0.15, -0.1) is 0 Å². The first-order chi connectivity index (χ1) is 31.3. The Balaban J connectivity index is 1.16. The van der Waals surface area contributed by atoms with Crippen molar-refractivity contribution >= 4 is 35.1 Å². The van der Waals surface area contributed by atoms with Gasteiger partial charge in [-0.25, -0.2) is 0 Å². The van der Waals surface area contributed by atoms with Crippen molar-refractivity contribution in [1.82, 2.24) is 0 Å². The Morgan fingerprint density at radius 2 is 0.939 bits per heavy atom. The molecule has 0 heterocycles. The zero-order chi connectivity index (χ0) is 47.0. The summed E-state index contributed by atoms with van der Waals surface area (Å²) in [5.74, 6) is 0.843. The van der Waals surface area contributed by atoms with Gasteiger partial charge in [0.25, 0.3) is 0 Å². The summed E-state index contributed by atoms with van der Waals surface area (Å²) in [7, 11) is -3.24. The van der Waals surface area contributed by atoms with Gasteiger partial charge in [0.2, 0.25) is 0 Å². The molecule has 1 radical (unpaired) electrons. The lowest BCUT2D eigenvalue weighted by Gasteiger charge is -2.46. The van der Waals surface area contributed by atoms with E-state index in [0.29, 0.717) is 28.5 Å². The molecule has 0 amide bonds. The van der Waals surface area contributed by atoms with Gasteiger partial charge in [-0.2, -0.15) is 0 Å². The molecule has 3 aliphatic rings. The monoisotopic (exact) mass is 898 g/mol. The van der Waals surface area contributed by atoms with Gasteiger partial charge in [0, 0.05) is 11.5 Å². The third-order valence-corrected chi connectivity index (χ3v) is 27.7. The molecule has 0 aliphatic heterocycles. The zero-order valence-corrected chi connectivity index (χ0v) is 44.5. The van der Waals surface area contributed by atoms with Crippen molar-refractivity contribution < 1.29 is 0 Å². The maximum Gasteiger partial charge on any atom is 0.0640 e. The second kappa shape index (κ2) is 17.2. The number of fused-ring (bicyclic) bond motifs is 3. The fourth-order valence-electron chi connectivity index (χ4n) is 12.6. The molecule has 5 atom stereocenters. The van der Waals surface area contributed by atoms with Crippen molar-refractivity contribution in [3.63, 3.8) is 0 Å². The van der Waals surface area contributed by atoms with Gasteiger partial charge in [-0.05, 0) is 126 Å². The van der Waals surface area contributed by atoms with Gasteiger partial charge in [-0.3, -0.25) is 0 Å². The minimum absolute atomic E-state index is 0.123. The van der Waals surface area contributed by atoms with Crippen LogP contribution in [0.25, 0.3) is 51.6 Å². The highest BCUT2D eigenvalue weighted by Gasteiger charge is 2.52. The second-order valence-corrected chi connectivity index (χ2v) is 31.4. The summed E-state index contributed by atoms with van der Waals surface area (Å²) >= 11 is 0. The average molecular weight is 898 g/mol. The van der Waals surface area contributed by atoms with Crippen molar-refractivity contribution in [3.8, 4) is 33.4 Å². The van der Waals surface area contributed by atoms with Crippen LogP contribution in [-0.4, -0.2) is 16.9 Å². The number of aryl methyl sites for hydroxylation is 1. The summed E-state index contributed by atoms with van der Waals surface area (Å²) in [6, 6.07) is 49.7. The smallest absolute Gasteiger partial charge is 0.0640 e. The van der Waals surface area contributed by atoms with Crippen LogP contribution >= 0.6 is 0 Å². The van der Waals surface area contributed by atoms with Crippen LogP contribution in [0.2, 0.25) is 24.3 Å². The van der Waals surface area contributed by atoms with Crippen LogP contribution in [0, 0.1) is 12.8 Å². The van der Waals surface area contributed by atoms with E-state index in [1.165, 1.54) is 72.4 Å². The van der Waals surface area contributed by atoms with Gasteiger partial charge in [0.1, 0.15) is 0 Å². The predicted octanol–water partition coefficient (Wildman–Crippen LogP) is 18.3. The van der Waals surface area contributed by atoms with E-state index in [9.17, 15) is 0 Å². The van der Waals surface area contributed by atoms with Gasteiger partial charge < -0.3 is 0 Å². The van der Waals surface area contributed by atoms with Gasteiger partial charge in [0.05, 0.1) is 16.9 Å². The summed E-state index contributed by atoms with van der Waals surface area (Å²) in [4.78, 5) is 0. The predicted molar refractivity (Wildman–Crippen MR) is 294 cm³/mol. The first kappa shape index (κ1) is 46.1. The van der Waals surface area contributed by atoms with Crippen molar-refractivity contribution in [1.29, 1.82) is 0 Å². The zero-order valence-electron chi connectivity index (χ0n) is 42.5. The van der Waals surface area contributed by atoms with Crippen LogP contribution < -0.4 is 0 Å². The van der Waals surface area contributed by atoms with E-state index in [1.807, 2.05) is 0 Å². The van der Waals surface area contributed by atoms with E-state index < -0.39 is 16.9 Å². The normalized spacial score (nSPS) is 19.3. The molecule has 9 rings (SSSR count). The van der Waals surface area contributed by atoms with Crippen molar-refractivity contribution in [3.05, 3.63) is 194 Å². The molecular weight excluding hydrogens is 825 g/mol. The fourth-order valence-corrected chi connectivity index (χ4v) is 25.7. The molecule has 6 aromatic carbocycles. The van der Waals surface area contributed by atoms with Crippen LogP contribution in [0.4, 0.5) is 0 Å². The van der Waals surface area contributed by atoms with E-state index in [1.54, 1.807) is 33.4 Å². The van der Waals surface area contributed by atoms with Crippen LogP contribution in [0.1, 0.15) is 143 Å². The maximum atomic E-state index is 2.86. The van der Waals surface area contributed by atoms with E-state index in [0.717, 1.165) is 0 Å². The molecule has 3 aliphatic carbocycles. The Labute approximate surface area is 401 Å². The number of hydrogen-bond acceptors (Lipinski definition) is 0. The molecule has 0 spiro atoms. The van der Waals surface area contributed by atoms with Gasteiger partial charge >= 0.3 is 0 Å². The molecule has 0 N–H and O–H groups in total. The maximum absolute atomic E-state index is 2.86. The highest BCUT2D eigenvalue weighted by molar-refractivity contribution is 6.92. The fraction of sp³-hybridized carbons (Fsp3) is 0.344. The van der Waals surface area contributed by atoms with Crippen LogP contribution in [0.15, 0.2) is 144 Å². The van der Waals surface area contributed by atoms with Crippen molar-refractivity contribution in [2.75, 3.05) is 0 Å². The summed E-state index contributed by atoms with van der Waals surface area (Å²) in [5, 5.41) is 0. The number of rotatable bonds is 10. The standard InChI is InChI=1S/C64H73Si2/c1-40(2)56-38-59-52(45-26-24-41(3)25-27-45)18-15-21-53(59)60(56)44(6)66(14,62-43(5)37-58-51(20-17-23-55(58)62)47-30-34-49(35-31-47)64(10,11)12)39-65(13)61-42(4)36-57-50(19-16-22-54(57)61)46-28-32-48(33-29-46)63(7,8)9/h15-38,40,44,60-62H,39H2,1-14H3. The molecule has 337 valence electrons. The van der Waals surface area contributed by atoms with Crippen molar-refractivity contribution in [2.24, 2.45) is 5.92 Å². The highest BCUT2D eigenvalue weighted by atomic mass is 28.4. The quantitative estimate of drug-likeness (QED) is 0.120. The summed E-state index contributed by atoms with van der Waals surface area (Å²) in [5.41, 5.74) is 29.0. The largest absolute Gasteiger partial charge is 0.0705 e. The molecular formula is C64H73Si2. The molecule has 5 unspecified atom stereocenters. The molecule has 0 saturated heterocycles. The Kier molecular flexibility index (Phi) is 12.0. The molecule has 6 aromatic rings. The van der Waals surface area contributed by atoms with Crippen LogP contribution in [-0.2, 0) is 10.8 Å². The summed E-state index contributed by atoms with van der Waals surface area (Å²) in [6.07, 6.45) is 7.80. The first-order valence-electron chi connectivity index (χ1n) is 24.8. The SMILES string of the molecule is CC1=Cc2c(-c3ccc(C(C)(C)C)cc3)cccc2C1[Si](C)C[Si](C)(C1C(C)=Cc2c(-c3ccc(C(C)(C)C)cc3)cccc21)C(C)C1C(C(C)C)=Cc2c(-c3ccc(C)cc3)cccc21. The third kappa shape index (κ3) is 8.15. The van der Waals surface area contributed by atoms with E-state index in [4.69, 9.17) is 0 Å². The molecule has 2 heteroatoms. The summed E-state index contributed by atoms with van der Waals surface area (Å²) < 4.78 is 0. The lowest BCUT2D eigenvalue weighted by molar-refractivity contribution is 0.590. The topological polar surface area (TPSA) is 0 Å². The minimum Gasteiger partial charge on any atom is -0.0705 e. The average Bonchev–Trinajstić information content (AvgIpc) is 3.96. The minimum atomic E-state index is -2.29. The lowest BCUT2D eigenvalue weighted by atomic mass is 9.86. The Bertz CT molecular complexity index is 2890. The highest BCUT2D eigenvalue weighted by Crippen LogP contribution is 2.59. The molecule has 0 bridgehead atoms. The molecule has 0 aromatic heterocycles. The van der Waals surface area contributed by atoms with Crippen molar-refractivity contribution in [2.45, 2.75) is 135 Å². The molecule has 0 nitrogen and oxygen atoms in total. The third-order valence-electron chi connectivity index (χ3n) is 16.2. The lowest BCUT2D eigenvalue weighted by Crippen LogP contribution is -2.49. The Morgan fingerprint density at radius 1 is 0.515 bits per heavy atom. The first-order valence-corrected chi connectivity index (χ1v) is 30.0. The molecule has 0 fully saturated rings. The number of hydrogen-bond donors (Lipinski definition) is 0.